The molecule has 2 nitrogen and oxygen atoms in total. The van der Waals surface area contributed by atoms with E-state index in [9.17, 15) is 0 Å². The molecule has 360 valence electrons. The summed E-state index contributed by atoms with van der Waals surface area (Å²) in [7, 11) is 0. The van der Waals surface area contributed by atoms with Gasteiger partial charge in [-0.2, -0.15) is 0 Å². The molecule has 4 heteroatoms. The van der Waals surface area contributed by atoms with E-state index in [0.717, 1.165) is 12.8 Å². The third-order valence-corrected chi connectivity index (χ3v) is 19.3. The normalized spacial score (nSPS) is 18.0. The van der Waals surface area contributed by atoms with Gasteiger partial charge in [-0.15, -0.1) is 11.3 Å². The molecule has 1 aromatic heterocycles. The fraction of sp³-hybridized carbons (Fsp3) is 0.424. The molecule has 2 aliphatic heterocycles. The number of anilines is 6. The summed E-state index contributed by atoms with van der Waals surface area (Å²) in [6, 6.07) is 35.5. The van der Waals surface area contributed by atoms with Crippen molar-refractivity contribution in [1.82, 2.24) is 0 Å². The molecule has 11 rings (SSSR count). The number of thiophene rings is 1. The SMILES string of the molecule is CCc1cc2sc3c(c2cc1CC)B1c2cc(C(C)(C)C)ccc2N(c2cc4c(cc2C)C(C)(C)CCC4(C)C)c2cc(-c4c(C)cc(C)cc4C)cc(c21)N3c1ccc2c(c1)C(C)(C)CCC2(C)C. The standard InChI is InChI=1S/C66H77BN2S/c1-18-42-31-47-57(34-43(42)19-2)70-61-59(47)67-52-35-45(62(7,8)9)20-23-53(52)69(54-37-51-49(30-39(54)4)64(12,13)26-27-66(51,16)17)56-33-44(58-40(5)28-38(3)29-41(58)6)32-55(60(56)67)68(61)46-21-22-48-50(36-46)65(14,15)25-24-63(48,10)11/h20-23,28-37H,18-19,24-27H2,1-17H3. The zero-order valence-corrected chi connectivity index (χ0v) is 46.5. The van der Waals surface area contributed by atoms with Gasteiger partial charge in [0.05, 0.1) is 5.00 Å². The Morgan fingerprint density at radius 2 is 1.09 bits per heavy atom. The highest BCUT2D eigenvalue weighted by molar-refractivity contribution is 7.26. The molecule has 0 radical (unpaired) electrons. The smallest absolute Gasteiger partial charge is 0.254 e. The molecule has 7 aromatic rings. The second-order valence-electron chi connectivity index (χ2n) is 25.9. The molecule has 0 fully saturated rings. The van der Waals surface area contributed by atoms with E-state index in [4.69, 9.17) is 0 Å². The summed E-state index contributed by atoms with van der Waals surface area (Å²) in [6.07, 6.45) is 6.82. The Morgan fingerprint density at radius 1 is 0.529 bits per heavy atom. The maximum absolute atomic E-state index is 2.75. The molecule has 0 atom stereocenters. The Balaban J connectivity index is 1.32. The Labute approximate surface area is 426 Å². The van der Waals surface area contributed by atoms with Crippen LogP contribution in [0.5, 0.6) is 0 Å². The summed E-state index contributed by atoms with van der Waals surface area (Å²) in [5.74, 6) is 0. The van der Waals surface area contributed by atoms with Crippen LogP contribution in [0, 0.1) is 27.7 Å². The van der Waals surface area contributed by atoms with E-state index in [1.54, 1.807) is 0 Å². The van der Waals surface area contributed by atoms with E-state index in [1.165, 1.54) is 158 Å². The first-order valence-electron chi connectivity index (χ1n) is 26.7. The molecule has 0 N–H and O–H groups in total. The van der Waals surface area contributed by atoms with Gasteiger partial charge in [0, 0.05) is 33.1 Å². The van der Waals surface area contributed by atoms with Gasteiger partial charge in [0.1, 0.15) is 0 Å². The van der Waals surface area contributed by atoms with Crippen LogP contribution >= 0.6 is 11.3 Å². The van der Waals surface area contributed by atoms with Crippen LogP contribution in [0.4, 0.5) is 33.4 Å². The Morgan fingerprint density at radius 3 is 1.69 bits per heavy atom. The molecule has 0 bridgehead atoms. The van der Waals surface area contributed by atoms with Gasteiger partial charge < -0.3 is 9.80 Å². The molecule has 0 spiro atoms. The molecule has 4 aliphatic rings. The van der Waals surface area contributed by atoms with Crippen LogP contribution in [0.1, 0.15) is 177 Å². The molecule has 3 heterocycles. The van der Waals surface area contributed by atoms with Crippen LogP contribution in [-0.4, -0.2) is 6.71 Å². The van der Waals surface area contributed by atoms with Crippen LogP contribution in [0.15, 0.2) is 84.9 Å². The van der Waals surface area contributed by atoms with E-state index in [-0.39, 0.29) is 33.8 Å². The minimum atomic E-state index is -0.0278. The van der Waals surface area contributed by atoms with Gasteiger partial charge in [-0.1, -0.05) is 138 Å². The van der Waals surface area contributed by atoms with E-state index >= 15 is 0 Å². The van der Waals surface area contributed by atoms with Crippen molar-refractivity contribution in [3.63, 3.8) is 0 Å². The predicted octanol–water partition coefficient (Wildman–Crippen LogP) is 17.0. The van der Waals surface area contributed by atoms with Gasteiger partial charge >= 0.3 is 0 Å². The van der Waals surface area contributed by atoms with Crippen molar-refractivity contribution >= 4 is 78.0 Å². The second kappa shape index (κ2) is 15.7. The first-order chi connectivity index (χ1) is 32.8. The number of fused-ring (bicyclic) bond motifs is 8. The summed E-state index contributed by atoms with van der Waals surface area (Å²) >= 11 is 2.02. The number of rotatable bonds is 5. The maximum atomic E-state index is 2.75. The van der Waals surface area contributed by atoms with Gasteiger partial charge in [0.25, 0.3) is 6.71 Å². The van der Waals surface area contributed by atoms with Crippen molar-refractivity contribution in [2.24, 2.45) is 0 Å². The van der Waals surface area contributed by atoms with Gasteiger partial charge in [0.2, 0.25) is 0 Å². The lowest BCUT2D eigenvalue weighted by atomic mass is 9.33. The number of benzene rings is 6. The molecule has 0 unspecified atom stereocenters. The number of aryl methyl sites for hydroxylation is 6. The van der Waals surface area contributed by atoms with Crippen molar-refractivity contribution in [3.8, 4) is 11.1 Å². The zero-order valence-electron chi connectivity index (χ0n) is 45.7. The predicted molar refractivity (Wildman–Crippen MR) is 308 cm³/mol. The number of hydrogen-bond donors (Lipinski definition) is 0. The van der Waals surface area contributed by atoms with Crippen LogP contribution in [-0.2, 0) is 39.9 Å². The fourth-order valence-corrected chi connectivity index (χ4v) is 15.1. The topological polar surface area (TPSA) is 6.48 Å². The van der Waals surface area contributed by atoms with E-state index < -0.39 is 0 Å². The Hall–Kier alpha value is -5.06. The van der Waals surface area contributed by atoms with Crippen molar-refractivity contribution in [3.05, 3.63) is 146 Å². The molecular weight excluding hydrogens is 864 g/mol. The quantitative estimate of drug-likeness (QED) is 0.159. The largest absolute Gasteiger partial charge is 0.311 e. The lowest BCUT2D eigenvalue weighted by molar-refractivity contribution is 0.332. The Bertz CT molecular complexity index is 3320. The van der Waals surface area contributed by atoms with Crippen molar-refractivity contribution < 1.29 is 0 Å². The monoisotopic (exact) mass is 941 g/mol. The summed E-state index contributed by atoms with van der Waals surface area (Å²) in [4.78, 5) is 5.48. The fourth-order valence-electron chi connectivity index (χ4n) is 13.7. The van der Waals surface area contributed by atoms with Crippen molar-refractivity contribution in [2.75, 3.05) is 9.80 Å². The van der Waals surface area contributed by atoms with Gasteiger partial charge in [-0.05, 0) is 224 Å². The molecule has 0 saturated carbocycles. The van der Waals surface area contributed by atoms with Crippen LogP contribution in [0.2, 0.25) is 0 Å². The third-order valence-electron chi connectivity index (χ3n) is 18.1. The van der Waals surface area contributed by atoms with Gasteiger partial charge in [-0.3, -0.25) is 0 Å². The maximum Gasteiger partial charge on any atom is 0.254 e. The molecule has 0 saturated heterocycles. The van der Waals surface area contributed by atoms with Crippen LogP contribution in [0.25, 0.3) is 21.2 Å². The molecule has 6 aromatic carbocycles. The van der Waals surface area contributed by atoms with E-state index in [1.807, 2.05) is 11.3 Å². The number of hydrogen-bond acceptors (Lipinski definition) is 3. The average molecular weight is 941 g/mol. The van der Waals surface area contributed by atoms with Crippen molar-refractivity contribution in [2.45, 2.75) is 183 Å². The van der Waals surface area contributed by atoms with Gasteiger partial charge in [-0.25, -0.2) is 0 Å². The first-order valence-corrected chi connectivity index (χ1v) is 27.6. The summed E-state index contributed by atoms with van der Waals surface area (Å²) < 4.78 is 1.40. The second-order valence-corrected chi connectivity index (χ2v) is 27.0. The highest BCUT2D eigenvalue weighted by atomic mass is 32.1. The molecule has 2 aliphatic carbocycles. The lowest BCUT2D eigenvalue weighted by Gasteiger charge is -2.46. The summed E-state index contributed by atoms with van der Waals surface area (Å²) in [5.41, 5.74) is 29.4. The van der Waals surface area contributed by atoms with Crippen LogP contribution in [0.3, 0.4) is 0 Å². The van der Waals surface area contributed by atoms with Crippen molar-refractivity contribution in [1.29, 1.82) is 0 Å². The van der Waals surface area contributed by atoms with E-state index in [2.05, 4.69) is 212 Å². The zero-order chi connectivity index (χ0) is 49.9. The number of nitrogens with zero attached hydrogens (tertiary/aromatic N) is 2. The van der Waals surface area contributed by atoms with Gasteiger partial charge in [0.15, 0.2) is 0 Å². The molecule has 0 amide bonds. The molecular formula is C66H77BN2S. The summed E-state index contributed by atoms with van der Waals surface area (Å²) in [6.45, 7) is 40.9. The highest BCUT2D eigenvalue weighted by Crippen LogP contribution is 2.55. The Kier molecular flexibility index (Phi) is 10.6. The lowest BCUT2D eigenvalue weighted by Crippen LogP contribution is -2.61. The highest BCUT2D eigenvalue weighted by Gasteiger charge is 2.48. The van der Waals surface area contributed by atoms with E-state index in [0.29, 0.717) is 0 Å². The minimum absolute atomic E-state index is 0.0278. The minimum Gasteiger partial charge on any atom is -0.311 e. The summed E-state index contributed by atoms with van der Waals surface area (Å²) in [5, 5.41) is 2.79. The third kappa shape index (κ3) is 7.06. The first kappa shape index (κ1) is 47.3. The molecule has 70 heavy (non-hydrogen) atoms. The average Bonchev–Trinajstić information content (AvgIpc) is 3.65. The van der Waals surface area contributed by atoms with Crippen LogP contribution < -0.4 is 26.2 Å².